The molecule has 0 aliphatic rings. The molecule has 0 aromatic carbocycles. The molecule has 0 amide bonds. The first-order valence-corrected chi connectivity index (χ1v) is 12.9. The third-order valence-electron chi connectivity index (χ3n) is 5.46. The average Bonchev–Trinajstić information content (AvgIpc) is 2.65. The monoisotopic (exact) mass is 644 g/mol. The summed E-state index contributed by atoms with van der Waals surface area (Å²) >= 11 is 0. The third-order valence-corrected chi connectivity index (χ3v) is 5.46. The largest absolute Gasteiger partial charge is 0.393 e. The second-order valence-corrected chi connectivity index (χ2v) is 11.9. The van der Waals surface area contributed by atoms with Gasteiger partial charge in [0.1, 0.15) is 0 Å². The van der Waals surface area contributed by atoms with Crippen LogP contribution in [0, 0.1) is 47.3 Å². The molecule has 4 N–H and O–H groups in total. The molecular weight excluding hydrogens is 579 g/mol. The molecule has 0 aliphatic heterocycles. The van der Waals surface area contributed by atoms with Crippen LogP contribution in [0.2, 0.25) is 0 Å². The zero-order chi connectivity index (χ0) is 26.9. The van der Waals surface area contributed by atoms with Gasteiger partial charge in [0.15, 0.2) is 0 Å². The molecule has 5 heteroatoms. The predicted molar refractivity (Wildman–Crippen MR) is 143 cm³/mol. The second kappa shape index (κ2) is 24.4. The fraction of sp³-hybridized carbons (Fsp3) is 1.00. The molecule has 0 saturated heterocycles. The minimum absolute atomic E-state index is 0. The van der Waals surface area contributed by atoms with Crippen molar-refractivity contribution < 1.29 is 46.3 Å². The van der Waals surface area contributed by atoms with Gasteiger partial charge in [0, 0.05) is 25.8 Å². The Morgan fingerprint density at radius 1 is 0.242 bits per heavy atom. The van der Waals surface area contributed by atoms with E-state index in [1.54, 1.807) is 0 Å². The molecule has 0 atom stereocenters. The quantitative estimate of drug-likeness (QED) is 0.224. The topological polar surface area (TPSA) is 80.9 Å². The van der Waals surface area contributed by atoms with Gasteiger partial charge in [-0.25, -0.2) is 0 Å². The van der Waals surface area contributed by atoms with Gasteiger partial charge in [-0.15, -0.1) is 0 Å². The second-order valence-electron chi connectivity index (χ2n) is 11.9. The zero-order valence-electron chi connectivity index (χ0n) is 25.2. The molecule has 0 aromatic rings. The molecule has 0 bridgehead atoms. The van der Waals surface area contributed by atoms with Gasteiger partial charge in [-0.1, -0.05) is 111 Å². The van der Waals surface area contributed by atoms with Gasteiger partial charge in [0.25, 0.3) is 0 Å². The summed E-state index contributed by atoms with van der Waals surface area (Å²) in [5.74, 6) is 3.19. The average molecular weight is 643 g/mol. The van der Waals surface area contributed by atoms with Gasteiger partial charge < -0.3 is 20.4 Å². The number of hydrogen-bond acceptors (Lipinski definition) is 4. The molecule has 0 rings (SSSR count). The van der Waals surface area contributed by atoms with E-state index in [1.807, 2.05) is 111 Å². The Labute approximate surface area is 228 Å². The van der Waals surface area contributed by atoms with Gasteiger partial charge >= 0.3 is 0 Å². The predicted octanol–water partition coefficient (Wildman–Crippen LogP) is 6.63. The molecule has 0 spiro atoms. The van der Waals surface area contributed by atoms with Crippen LogP contribution in [-0.2, 0) is 25.8 Å². The van der Waals surface area contributed by atoms with Gasteiger partial charge in [-0.05, 0) is 47.3 Å². The van der Waals surface area contributed by atoms with Crippen molar-refractivity contribution in [3.05, 3.63) is 0 Å². The zero-order valence-corrected chi connectivity index (χ0v) is 28.8. The fourth-order valence-electron chi connectivity index (χ4n) is 3.08. The maximum absolute atomic E-state index is 9.20. The van der Waals surface area contributed by atoms with Gasteiger partial charge in [0.05, 0.1) is 24.4 Å². The van der Waals surface area contributed by atoms with Crippen molar-refractivity contribution >= 4 is 0 Å². The van der Waals surface area contributed by atoms with Gasteiger partial charge in [-0.2, -0.15) is 0 Å². The molecule has 0 radical (unpaired) electrons. The molecule has 204 valence electrons. The van der Waals surface area contributed by atoms with Crippen LogP contribution in [-0.4, -0.2) is 44.8 Å². The van der Waals surface area contributed by atoms with Crippen molar-refractivity contribution in [2.45, 2.75) is 135 Å². The van der Waals surface area contributed by atoms with Crippen LogP contribution in [0.5, 0.6) is 0 Å². The molecule has 4 nitrogen and oxygen atoms in total. The van der Waals surface area contributed by atoms with Crippen molar-refractivity contribution in [2.24, 2.45) is 47.3 Å². The van der Waals surface area contributed by atoms with Crippen LogP contribution in [0.15, 0.2) is 0 Å². The van der Waals surface area contributed by atoms with Crippen molar-refractivity contribution in [3.63, 3.8) is 0 Å². The van der Waals surface area contributed by atoms with Crippen molar-refractivity contribution in [1.82, 2.24) is 0 Å². The fourth-order valence-corrected chi connectivity index (χ4v) is 3.08. The Bertz CT molecular complexity index is 276. The molecule has 0 fully saturated rings. The van der Waals surface area contributed by atoms with Gasteiger partial charge in [0.2, 0.25) is 0 Å². The molecule has 33 heavy (non-hydrogen) atoms. The van der Waals surface area contributed by atoms with Crippen LogP contribution in [0.1, 0.15) is 111 Å². The Kier molecular flexibility index (Phi) is 32.4. The van der Waals surface area contributed by atoms with Crippen LogP contribution in [0.3, 0.4) is 0 Å². The summed E-state index contributed by atoms with van der Waals surface area (Å²) < 4.78 is 0. The molecule has 0 aliphatic carbocycles. The van der Waals surface area contributed by atoms with Gasteiger partial charge in [-0.3, -0.25) is 0 Å². The summed E-state index contributed by atoms with van der Waals surface area (Å²) in [5.41, 5.74) is 0. The summed E-state index contributed by atoms with van der Waals surface area (Å²) in [7, 11) is 0. The van der Waals surface area contributed by atoms with Crippen molar-refractivity contribution in [2.75, 3.05) is 0 Å². The van der Waals surface area contributed by atoms with E-state index in [9.17, 15) is 20.4 Å². The number of aliphatic hydroxyl groups excluding tert-OH is 4. The number of hydrogen-bond donors (Lipinski definition) is 4. The van der Waals surface area contributed by atoms with E-state index in [2.05, 4.69) is 0 Å². The van der Waals surface area contributed by atoms with E-state index < -0.39 is 0 Å². The Morgan fingerprint density at radius 3 is 0.303 bits per heavy atom. The van der Waals surface area contributed by atoms with E-state index in [-0.39, 0.29) is 50.3 Å². The Balaban J connectivity index is -0.000000105. The number of aliphatic hydroxyl groups is 4. The van der Waals surface area contributed by atoms with Crippen molar-refractivity contribution in [1.29, 1.82) is 0 Å². The first kappa shape index (κ1) is 43.8. The van der Waals surface area contributed by atoms with E-state index in [1.165, 1.54) is 0 Å². The van der Waals surface area contributed by atoms with Crippen LogP contribution >= 0.6 is 0 Å². The first-order chi connectivity index (χ1) is 14.2. The van der Waals surface area contributed by atoms with Crippen LogP contribution < -0.4 is 0 Å². The molecular formula is C28H64HfO4. The first-order valence-electron chi connectivity index (χ1n) is 12.9. The van der Waals surface area contributed by atoms with Crippen molar-refractivity contribution in [3.8, 4) is 0 Å². The summed E-state index contributed by atoms with van der Waals surface area (Å²) in [4.78, 5) is 0. The minimum Gasteiger partial charge on any atom is -0.393 e. The van der Waals surface area contributed by atoms with E-state index in [4.69, 9.17) is 0 Å². The van der Waals surface area contributed by atoms with E-state index in [0.29, 0.717) is 47.3 Å². The SMILES string of the molecule is CC(C)C(O)C(C)C.CC(C)C(O)C(C)C.CC(C)C(O)C(C)C.CC(C)C(O)C(C)C.[Hf]. The van der Waals surface area contributed by atoms with Crippen LogP contribution in [0.4, 0.5) is 0 Å². The number of rotatable bonds is 8. The smallest absolute Gasteiger partial charge is 0.0586 e. The van der Waals surface area contributed by atoms with E-state index >= 15 is 0 Å². The van der Waals surface area contributed by atoms with Crippen LogP contribution in [0.25, 0.3) is 0 Å². The maximum Gasteiger partial charge on any atom is 0.0586 e. The molecule has 0 saturated carbocycles. The standard InChI is InChI=1S/4C7H16O.Hf/c4*1-5(2)7(8)6(3)4;/h4*5-8H,1-4H3;. The minimum atomic E-state index is -0.130. The molecule has 0 heterocycles. The molecule has 0 unspecified atom stereocenters. The Hall–Kier alpha value is 0.710. The summed E-state index contributed by atoms with van der Waals surface area (Å²) in [6.45, 7) is 32.5. The summed E-state index contributed by atoms with van der Waals surface area (Å²) in [5, 5.41) is 36.8. The van der Waals surface area contributed by atoms with E-state index in [0.717, 1.165) is 0 Å². The normalized spacial score (nSPS) is 11.6. The Morgan fingerprint density at radius 2 is 0.303 bits per heavy atom. The summed E-state index contributed by atoms with van der Waals surface area (Å²) in [6, 6.07) is 0. The maximum atomic E-state index is 9.20. The molecule has 0 aromatic heterocycles. The summed E-state index contributed by atoms with van der Waals surface area (Å²) in [6.07, 6.45) is -0.519. The third kappa shape index (κ3) is 28.8.